The van der Waals surface area contributed by atoms with Crippen LogP contribution < -0.4 is 4.74 Å². The lowest BCUT2D eigenvalue weighted by Gasteiger charge is -2.35. The molecule has 0 aromatic heterocycles. The van der Waals surface area contributed by atoms with Gasteiger partial charge in [0.05, 0.1) is 7.11 Å². The fourth-order valence-corrected chi connectivity index (χ4v) is 3.90. The first-order chi connectivity index (χ1) is 11.3. The minimum absolute atomic E-state index is 0.184. The summed E-state index contributed by atoms with van der Waals surface area (Å²) in [5, 5.41) is 0. The number of hydrogen-bond donors (Lipinski definition) is 0. The molecule has 1 amide bonds. The smallest absolute Gasteiger partial charge is 0.410 e. The number of piperazine rings is 1. The molecule has 132 valence electrons. The molecule has 0 saturated carbocycles. The lowest BCUT2D eigenvalue weighted by molar-refractivity contribution is 0.0123. The van der Waals surface area contributed by atoms with Gasteiger partial charge in [0.25, 0.3) is 0 Å². The number of ether oxygens (including phenoxy) is 2. The van der Waals surface area contributed by atoms with E-state index in [2.05, 4.69) is 26.9 Å². The van der Waals surface area contributed by atoms with E-state index in [0.717, 1.165) is 36.3 Å². The maximum Gasteiger partial charge on any atom is 0.410 e. The van der Waals surface area contributed by atoms with Crippen molar-refractivity contribution >= 4 is 22.0 Å². The summed E-state index contributed by atoms with van der Waals surface area (Å²) < 4.78 is 12.0. The van der Waals surface area contributed by atoms with Gasteiger partial charge in [-0.05, 0) is 39.3 Å². The normalized spacial score (nSPS) is 23.6. The number of fused-ring (bicyclic) bond motifs is 2. The molecule has 5 nitrogen and oxygen atoms in total. The van der Waals surface area contributed by atoms with Gasteiger partial charge in [-0.15, -0.1) is 0 Å². The number of hydrogen-bond acceptors (Lipinski definition) is 4. The van der Waals surface area contributed by atoms with Gasteiger partial charge in [-0.3, -0.25) is 4.90 Å². The van der Waals surface area contributed by atoms with Crippen LogP contribution in [0.25, 0.3) is 0 Å². The summed E-state index contributed by atoms with van der Waals surface area (Å²) in [6.07, 6.45) is 0.842. The molecule has 1 unspecified atom stereocenters. The predicted molar refractivity (Wildman–Crippen MR) is 96.2 cm³/mol. The molecule has 2 heterocycles. The van der Waals surface area contributed by atoms with E-state index in [-0.39, 0.29) is 12.1 Å². The molecule has 0 N–H and O–H groups in total. The summed E-state index contributed by atoms with van der Waals surface area (Å²) in [4.78, 5) is 16.6. The molecule has 3 rings (SSSR count). The highest BCUT2D eigenvalue weighted by Gasteiger charge is 2.46. The van der Waals surface area contributed by atoms with Crippen LogP contribution in [0.1, 0.15) is 32.8 Å². The van der Waals surface area contributed by atoms with Crippen molar-refractivity contribution in [3.05, 3.63) is 28.2 Å². The van der Waals surface area contributed by atoms with E-state index >= 15 is 0 Å². The molecule has 2 bridgehead atoms. The Morgan fingerprint density at radius 1 is 1.29 bits per heavy atom. The van der Waals surface area contributed by atoms with Crippen LogP contribution in [0.3, 0.4) is 0 Å². The molecule has 2 aliphatic rings. The summed E-state index contributed by atoms with van der Waals surface area (Å²) >= 11 is 3.48. The zero-order valence-electron chi connectivity index (χ0n) is 14.7. The maximum absolute atomic E-state index is 12.3. The van der Waals surface area contributed by atoms with Crippen LogP contribution in [0.2, 0.25) is 0 Å². The largest absolute Gasteiger partial charge is 0.496 e. The maximum atomic E-state index is 12.3. The van der Waals surface area contributed by atoms with E-state index in [1.807, 2.05) is 37.8 Å². The average Bonchev–Trinajstić information content (AvgIpc) is 3.07. The molecular formula is C18H25BrN2O3. The number of methoxy groups -OCH3 is 1. The van der Waals surface area contributed by atoms with Gasteiger partial charge >= 0.3 is 6.09 Å². The predicted octanol–water partition coefficient (Wildman–Crippen LogP) is 3.65. The van der Waals surface area contributed by atoms with Crippen LogP contribution in [-0.2, 0) is 11.3 Å². The summed E-state index contributed by atoms with van der Waals surface area (Å²) in [6, 6.07) is 6.79. The molecule has 2 saturated heterocycles. The number of carbonyl (C=O) groups is 1. The van der Waals surface area contributed by atoms with Crippen molar-refractivity contribution in [2.75, 3.05) is 20.2 Å². The molecule has 24 heavy (non-hydrogen) atoms. The molecule has 0 aliphatic carbocycles. The van der Waals surface area contributed by atoms with Gasteiger partial charge < -0.3 is 14.4 Å². The van der Waals surface area contributed by atoms with Gasteiger partial charge in [-0.2, -0.15) is 0 Å². The van der Waals surface area contributed by atoms with E-state index in [1.54, 1.807) is 7.11 Å². The van der Waals surface area contributed by atoms with Crippen LogP contribution >= 0.6 is 15.9 Å². The zero-order chi connectivity index (χ0) is 17.5. The third-order valence-corrected chi connectivity index (χ3v) is 5.10. The molecular weight excluding hydrogens is 372 g/mol. The highest BCUT2D eigenvalue weighted by atomic mass is 79.9. The number of amides is 1. The van der Waals surface area contributed by atoms with E-state index in [0.29, 0.717) is 6.04 Å². The number of nitrogens with zero attached hydrogens (tertiary/aromatic N) is 2. The lowest BCUT2D eigenvalue weighted by atomic mass is 10.1. The van der Waals surface area contributed by atoms with Crippen LogP contribution in [-0.4, -0.2) is 53.8 Å². The van der Waals surface area contributed by atoms with Crippen molar-refractivity contribution in [1.82, 2.24) is 9.80 Å². The minimum Gasteiger partial charge on any atom is -0.496 e. The number of rotatable bonds is 3. The van der Waals surface area contributed by atoms with E-state index in [9.17, 15) is 4.79 Å². The number of halogens is 1. The lowest BCUT2D eigenvalue weighted by Crippen LogP contribution is -2.49. The van der Waals surface area contributed by atoms with E-state index < -0.39 is 5.60 Å². The highest BCUT2D eigenvalue weighted by molar-refractivity contribution is 9.10. The summed E-state index contributed by atoms with van der Waals surface area (Å²) in [5.74, 6) is 0.899. The van der Waals surface area contributed by atoms with Gasteiger partial charge in [0.2, 0.25) is 0 Å². The standard InChI is InChI=1S/C18H25BrN2O3/c1-18(2,3)24-17(22)21-11-14-8-15(21)10-20(14)9-12-5-6-13(19)7-16(12)23-4/h5-7,14-15H,8-11H2,1-4H3/t14?,15-/m0/s1. The Hall–Kier alpha value is -1.27. The van der Waals surface area contributed by atoms with Crippen molar-refractivity contribution in [2.24, 2.45) is 0 Å². The molecule has 2 aliphatic heterocycles. The summed E-state index contributed by atoms with van der Waals surface area (Å²) in [7, 11) is 1.70. The first-order valence-electron chi connectivity index (χ1n) is 8.33. The minimum atomic E-state index is -0.441. The third kappa shape index (κ3) is 3.70. The van der Waals surface area contributed by atoms with E-state index in [4.69, 9.17) is 9.47 Å². The zero-order valence-corrected chi connectivity index (χ0v) is 16.3. The SMILES string of the molecule is COc1cc(Br)ccc1CN1C[C@@H]2CC1CN2C(=O)OC(C)(C)C. The molecule has 1 aromatic carbocycles. The monoisotopic (exact) mass is 396 g/mol. The van der Waals surface area contributed by atoms with E-state index in [1.165, 1.54) is 5.56 Å². The summed E-state index contributed by atoms with van der Waals surface area (Å²) in [5.41, 5.74) is 0.737. The Labute approximate surface area is 152 Å². The van der Waals surface area contributed by atoms with Crippen molar-refractivity contribution in [1.29, 1.82) is 0 Å². The van der Waals surface area contributed by atoms with Crippen LogP contribution in [0.15, 0.2) is 22.7 Å². The Balaban J connectivity index is 1.63. The second kappa shape index (κ2) is 6.56. The molecule has 2 fully saturated rings. The molecule has 6 heteroatoms. The number of benzene rings is 1. The van der Waals surface area contributed by atoms with Crippen LogP contribution in [0.4, 0.5) is 4.79 Å². The third-order valence-electron chi connectivity index (χ3n) is 4.60. The van der Waals surface area contributed by atoms with Gasteiger partial charge in [0.1, 0.15) is 11.4 Å². The number of carbonyl (C=O) groups excluding carboxylic acids is 1. The van der Waals surface area contributed by atoms with Crippen LogP contribution in [0, 0.1) is 0 Å². The van der Waals surface area contributed by atoms with Gasteiger partial charge in [0.15, 0.2) is 0 Å². The molecule has 1 aromatic rings. The fourth-order valence-electron chi connectivity index (χ4n) is 3.56. The number of likely N-dealkylation sites (tertiary alicyclic amines) is 2. The summed E-state index contributed by atoms with van der Waals surface area (Å²) in [6.45, 7) is 8.21. The Morgan fingerprint density at radius 3 is 2.62 bits per heavy atom. The Kier molecular flexibility index (Phi) is 4.80. The van der Waals surface area contributed by atoms with Gasteiger partial charge in [0, 0.05) is 41.8 Å². The molecule has 2 atom stereocenters. The fraction of sp³-hybridized carbons (Fsp3) is 0.611. The van der Waals surface area contributed by atoms with Crippen LogP contribution in [0.5, 0.6) is 5.75 Å². The first kappa shape index (κ1) is 17.5. The first-order valence-corrected chi connectivity index (χ1v) is 9.12. The topological polar surface area (TPSA) is 42.0 Å². The van der Waals surface area contributed by atoms with Gasteiger partial charge in [-0.25, -0.2) is 4.79 Å². The quantitative estimate of drug-likeness (QED) is 0.781. The highest BCUT2D eigenvalue weighted by Crippen LogP contribution is 2.34. The van der Waals surface area contributed by atoms with Crippen molar-refractivity contribution < 1.29 is 14.3 Å². The van der Waals surface area contributed by atoms with Crippen molar-refractivity contribution in [2.45, 2.75) is 51.4 Å². The average molecular weight is 397 g/mol. The Morgan fingerprint density at radius 2 is 2.04 bits per heavy atom. The molecule has 0 radical (unpaired) electrons. The van der Waals surface area contributed by atoms with Crippen molar-refractivity contribution in [3.8, 4) is 5.75 Å². The molecule has 0 spiro atoms. The van der Waals surface area contributed by atoms with Gasteiger partial charge in [-0.1, -0.05) is 22.0 Å². The Bertz CT molecular complexity index is 629. The van der Waals surface area contributed by atoms with Crippen molar-refractivity contribution in [3.63, 3.8) is 0 Å². The second-order valence-corrected chi connectivity index (χ2v) is 8.48. The second-order valence-electron chi connectivity index (χ2n) is 7.56.